The summed E-state index contributed by atoms with van der Waals surface area (Å²) in [7, 11) is 2.21. The zero-order valence-electron chi connectivity index (χ0n) is 16.8. The van der Waals surface area contributed by atoms with E-state index in [2.05, 4.69) is 22.2 Å². The number of benzene rings is 2. The predicted molar refractivity (Wildman–Crippen MR) is 118 cm³/mol. The van der Waals surface area contributed by atoms with Crippen LogP contribution in [0.15, 0.2) is 48.0 Å². The van der Waals surface area contributed by atoms with Gasteiger partial charge in [0.15, 0.2) is 0 Å². The predicted octanol–water partition coefficient (Wildman–Crippen LogP) is 4.65. The fourth-order valence-corrected chi connectivity index (χ4v) is 4.78. The number of thiazole rings is 1. The van der Waals surface area contributed by atoms with Crippen LogP contribution >= 0.6 is 11.3 Å². The summed E-state index contributed by atoms with van der Waals surface area (Å²) in [6.45, 7) is 1.67. The molecule has 29 heavy (non-hydrogen) atoms. The minimum Gasteiger partial charge on any atom is -0.410 e. The highest BCUT2D eigenvalue weighted by Gasteiger charge is 2.23. The molecule has 6 heteroatoms. The first-order valence-electron chi connectivity index (χ1n) is 10.2. The molecule has 0 bridgehead atoms. The highest BCUT2D eigenvalue weighted by atomic mass is 32.1. The average Bonchev–Trinajstić information content (AvgIpc) is 3.21. The Morgan fingerprint density at radius 1 is 1.24 bits per heavy atom. The zero-order chi connectivity index (χ0) is 20.1. The Morgan fingerprint density at radius 2 is 2.10 bits per heavy atom. The van der Waals surface area contributed by atoms with Gasteiger partial charge in [-0.25, -0.2) is 9.78 Å². The van der Waals surface area contributed by atoms with E-state index >= 15 is 0 Å². The smallest absolute Gasteiger partial charge is 0.410 e. The Balaban J connectivity index is 1.14. The fraction of sp³-hybridized carbons (Fsp3) is 0.391. The number of amides is 1. The molecule has 3 aromatic rings. The fourth-order valence-electron chi connectivity index (χ4n) is 3.89. The van der Waals surface area contributed by atoms with Gasteiger partial charge in [0.25, 0.3) is 0 Å². The molecular formula is C23H27N3O2S. The lowest BCUT2D eigenvalue weighted by Crippen LogP contribution is -2.37. The first kappa shape index (κ1) is 19.9. The van der Waals surface area contributed by atoms with Gasteiger partial charge >= 0.3 is 6.09 Å². The molecule has 1 N–H and O–H groups in total. The summed E-state index contributed by atoms with van der Waals surface area (Å²) in [6.07, 6.45) is 5.00. The standard InChI is InChI=1S/C23H27N3O2S/c1-26(19-9-11-21-22(15-19)29-16-25-21)13-5-4-12-24-23(27)28-20-10-8-17-6-2-3-7-18(17)14-20/h2-3,6-8,10,14,16,19H,4-5,9,11-13,15H2,1H3,(H,24,27). The molecular weight excluding hydrogens is 382 g/mol. The Morgan fingerprint density at radius 3 is 3.00 bits per heavy atom. The molecule has 1 aliphatic carbocycles. The summed E-state index contributed by atoms with van der Waals surface area (Å²) >= 11 is 1.78. The molecule has 1 heterocycles. The lowest BCUT2D eigenvalue weighted by Gasteiger charge is -2.30. The van der Waals surface area contributed by atoms with E-state index in [1.54, 1.807) is 11.3 Å². The van der Waals surface area contributed by atoms with Crippen molar-refractivity contribution in [1.82, 2.24) is 15.2 Å². The molecule has 1 aliphatic rings. The van der Waals surface area contributed by atoms with Crippen LogP contribution in [0.4, 0.5) is 4.79 Å². The summed E-state index contributed by atoms with van der Waals surface area (Å²) < 4.78 is 5.41. The number of likely N-dealkylation sites (N-methyl/N-ethyl adjacent to an activating group) is 1. The molecule has 0 fully saturated rings. The van der Waals surface area contributed by atoms with Crippen LogP contribution in [0.5, 0.6) is 5.75 Å². The van der Waals surface area contributed by atoms with E-state index in [9.17, 15) is 4.79 Å². The molecule has 5 nitrogen and oxygen atoms in total. The van der Waals surface area contributed by atoms with Crippen LogP contribution < -0.4 is 10.1 Å². The Labute approximate surface area is 175 Å². The molecule has 2 aromatic carbocycles. The number of hydrogen-bond donors (Lipinski definition) is 1. The molecule has 0 aliphatic heterocycles. The second-order valence-corrected chi connectivity index (χ2v) is 8.57. The summed E-state index contributed by atoms with van der Waals surface area (Å²) in [5.74, 6) is 0.570. The maximum absolute atomic E-state index is 12.0. The molecule has 1 unspecified atom stereocenters. The van der Waals surface area contributed by atoms with Crippen LogP contribution in [0, 0.1) is 0 Å². The van der Waals surface area contributed by atoms with Crippen molar-refractivity contribution >= 4 is 28.2 Å². The van der Waals surface area contributed by atoms with Crippen LogP contribution in [-0.2, 0) is 12.8 Å². The topological polar surface area (TPSA) is 54.5 Å². The average molecular weight is 410 g/mol. The molecule has 1 aromatic heterocycles. The van der Waals surface area contributed by atoms with E-state index in [1.807, 2.05) is 48.0 Å². The molecule has 0 spiro atoms. The SMILES string of the molecule is CN(CCCCNC(=O)Oc1ccc2ccccc2c1)C1CCc2ncsc2C1. The molecule has 0 radical (unpaired) electrons. The molecule has 4 rings (SSSR count). The van der Waals surface area contributed by atoms with Crippen molar-refractivity contribution in [3.05, 3.63) is 58.5 Å². The minimum atomic E-state index is -0.390. The van der Waals surface area contributed by atoms with Gasteiger partial charge < -0.3 is 15.0 Å². The first-order chi connectivity index (χ1) is 14.2. The van der Waals surface area contributed by atoms with Crippen molar-refractivity contribution in [2.75, 3.05) is 20.1 Å². The highest BCUT2D eigenvalue weighted by Crippen LogP contribution is 2.26. The van der Waals surface area contributed by atoms with E-state index in [-0.39, 0.29) is 0 Å². The highest BCUT2D eigenvalue weighted by molar-refractivity contribution is 7.09. The number of nitrogens with one attached hydrogen (secondary N) is 1. The third-order valence-electron chi connectivity index (χ3n) is 5.62. The second-order valence-electron chi connectivity index (χ2n) is 7.63. The number of aryl methyl sites for hydroxylation is 1. The summed E-state index contributed by atoms with van der Waals surface area (Å²) in [4.78, 5) is 20.4. The van der Waals surface area contributed by atoms with E-state index in [1.165, 1.54) is 17.0 Å². The molecule has 0 saturated heterocycles. The van der Waals surface area contributed by atoms with Gasteiger partial charge in [0.1, 0.15) is 5.75 Å². The normalized spacial score (nSPS) is 16.0. The van der Waals surface area contributed by atoms with Crippen molar-refractivity contribution in [2.45, 2.75) is 38.1 Å². The number of hydrogen-bond acceptors (Lipinski definition) is 5. The van der Waals surface area contributed by atoms with Gasteiger partial charge in [-0.15, -0.1) is 11.3 Å². The van der Waals surface area contributed by atoms with E-state index in [0.717, 1.165) is 43.0 Å². The van der Waals surface area contributed by atoms with Crippen LogP contribution in [0.3, 0.4) is 0 Å². The number of rotatable bonds is 7. The van der Waals surface area contributed by atoms with Gasteiger partial charge in [-0.3, -0.25) is 0 Å². The van der Waals surface area contributed by atoms with Gasteiger partial charge in [0.05, 0.1) is 11.2 Å². The first-order valence-corrected chi connectivity index (χ1v) is 11.1. The van der Waals surface area contributed by atoms with Gasteiger partial charge in [-0.1, -0.05) is 30.3 Å². The maximum Gasteiger partial charge on any atom is 0.412 e. The molecule has 1 amide bonds. The quantitative estimate of drug-likeness (QED) is 0.577. The lowest BCUT2D eigenvalue weighted by molar-refractivity contribution is 0.198. The second kappa shape index (κ2) is 9.37. The van der Waals surface area contributed by atoms with E-state index in [4.69, 9.17) is 4.74 Å². The van der Waals surface area contributed by atoms with Gasteiger partial charge in [0, 0.05) is 17.5 Å². The van der Waals surface area contributed by atoms with Crippen LogP contribution in [0.25, 0.3) is 10.8 Å². The number of nitrogens with zero attached hydrogens (tertiary/aromatic N) is 2. The van der Waals surface area contributed by atoms with Crippen molar-refractivity contribution in [2.24, 2.45) is 0 Å². The Kier molecular flexibility index (Phi) is 6.42. The summed E-state index contributed by atoms with van der Waals surface area (Å²) in [5, 5.41) is 5.05. The van der Waals surface area contributed by atoms with Crippen molar-refractivity contribution in [1.29, 1.82) is 0 Å². The number of unbranched alkanes of at least 4 members (excludes halogenated alkanes) is 1. The molecule has 152 valence electrons. The molecule has 1 atom stereocenters. The van der Waals surface area contributed by atoms with E-state index in [0.29, 0.717) is 18.3 Å². The van der Waals surface area contributed by atoms with Crippen molar-refractivity contribution < 1.29 is 9.53 Å². The van der Waals surface area contributed by atoms with Gasteiger partial charge in [-0.2, -0.15) is 0 Å². The van der Waals surface area contributed by atoms with Crippen LogP contribution in [-0.4, -0.2) is 42.2 Å². The molecule has 0 saturated carbocycles. The number of ether oxygens (including phenoxy) is 1. The third kappa shape index (κ3) is 5.14. The minimum absolute atomic E-state index is 0.390. The van der Waals surface area contributed by atoms with Gasteiger partial charge in [-0.05, 0) is 68.6 Å². The van der Waals surface area contributed by atoms with Gasteiger partial charge in [0.2, 0.25) is 0 Å². The number of carbonyl (C=O) groups is 1. The Bertz CT molecular complexity index is 971. The lowest BCUT2D eigenvalue weighted by atomic mass is 9.96. The Hall–Kier alpha value is -2.44. The maximum atomic E-state index is 12.0. The summed E-state index contributed by atoms with van der Waals surface area (Å²) in [5.41, 5.74) is 3.27. The van der Waals surface area contributed by atoms with Crippen molar-refractivity contribution in [3.8, 4) is 5.75 Å². The number of aromatic nitrogens is 1. The van der Waals surface area contributed by atoms with E-state index < -0.39 is 6.09 Å². The van der Waals surface area contributed by atoms with Crippen LogP contribution in [0.2, 0.25) is 0 Å². The largest absolute Gasteiger partial charge is 0.412 e. The summed E-state index contributed by atoms with van der Waals surface area (Å²) in [6, 6.07) is 14.3. The van der Waals surface area contributed by atoms with Crippen LogP contribution in [0.1, 0.15) is 29.8 Å². The van der Waals surface area contributed by atoms with Crippen molar-refractivity contribution in [3.63, 3.8) is 0 Å². The zero-order valence-corrected chi connectivity index (χ0v) is 17.6. The number of carbonyl (C=O) groups excluding carboxylic acids is 1. The number of fused-ring (bicyclic) bond motifs is 2. The monoisotopic (exact) mass is 409 g/mol. The third-order valence-corrected chi connectivity index (χ3v) is 6.52.